The zero-order valence-electron chi connectivity index (χ0n) is 11.7. The normalized spacial score (nSPS) is 12.4. The highest BCUT2D eigenvalue weighted by Gasteiger charge is 2.13. The number of aryl methyl sites for hydroxylation is 1. The van der Waals surface area contributed by atoms with E-state index in [0.717, 1.165) is 22.3 Å². The van der Waals surface area contributed by atoms with Gasteiger partial charge in [-0.05, 0) is 61.3 Å². The molecular weight excluding hydrogens is 319 g/mol. The highest BCUT2D eigenvalue weighted by atomic mass is 79.9. The number of benzene rings is 1. The molecule has 1 N–H and O–H groups in total. The summed E-state index contributed by atoms with van der Waals surface area (Å²) in [5.74, 6) is -0.221. The van der Waals surface area contributed by atoms with Crippen molar-refractivity contribution in [1.29, 1.82) is 0 Å². The van der Waals surface area contributed by atoms with Gasteiger partial charge in [-0.2, -0.15) is 0 Å². The number of halogens is 2. The first kappa shape index (κ1) is 15.1. The summed E-state index contributed by atoms with van der Waals surface area (Å²) in [5, 5.41) is 3.41. The molecule has 1 aromatic heterocycles. The quantitative estimate of drug-likeness (QED) is 0.885. The van der Waals surface area contributed by atoms with Gasteiger partial charge >= 0.3 is 0 Å². The second-order valence-electron chi connectivity index (χ2n) is 4.85. The molecule has 1 atom stereocenters. The topological polar surface area (TPSA) is 24.9 Å². The van der Waals surface area contributed by atoms with Gasteiger partial charge in [-0.15, -0.1) is 0 Å². The molecule has 20 heavy (non-hydrogen) atoms. The molecule has 0 aliphatic rings. The van der Waals surface area contributed by atoms with Crippen LogP contribution in [0.25, 0.3) is 0 Å². The summed E-state index contributed by atoms with van der Waals surface area (Å²) in [4.78, 5) is 4.43. The summed E-state index contributed by atoms with van der Waals surface area (Å²) in [6.45, 7) is 4.95. The molecule has 0 aliphatic heterocycles. The second kappa shape index (κ2) is 6.95. The molecule has 0 radical (unpaired) electrons. The van der Waals surface area contributed by atoms with Crippen LogP contribution < -0.4 is 5.32 Å². The van der Waals surface area contributed by atoms with Crippen molar-refractivity contribution in [3.8, 4) is 0 Å². The van der Waals surface area contributed by atoms with Gasteiger partial charge in [0.1, 0.15) is 5.82 Å². The monoisotopic (exact) mass is 336 g/mol. The number of nitrogens with one attached hydrogen (secondary N) is 1. The van der Waals surface area contributed by atoms with Gasteiger partial charge in [-0.3, -0.25) is 4.98 Å². The van der Waals surface area contributed by atoms with Crippen LogP contribution in [0.2, 0.25) is 0 Å². The number of aromatic nitrogens is 1. The van der Waals surface area contributed by atoms with E-state index in [0.29, 0.717) is 6.42 Å². The van der Waals surface area contributed by atoms with Crippen molar-refractivity contribution in [2.24, 2.45) is 0 Å². The zero-order chi connectivity index (χ0) is 14.5. The minimum absolute atomic E-state index is 0.0913. The fourth-order valence-electron chi connectivity index (χ4n) is 2.24. The van der Waals surface area contributed by atoms with Crippen molar-refractivity contribution in [2.75, 3.05) is 6.54 Å². The van der Waals surface area contributed by atoms with Crippen molar-refractivity contribution in [1.82, 2.24) is 10.3 Å². The Morgan fingerprint density at radius 3 is 2.75 bits per heavy atom. The zero-order valence-corrected chi connectivity index (χ0v) is 13.2. The third-order valence-electron chi connectivity index (χ3n) is 3.11. The van der Waals surface area contributed by atoms with Crippen molar-refractivity contribution >= 4 is 15.9 Å². The van der Waals surface area contributed by atoms with Gasteiger partial charge < -0.3 is 5.32 Å². The molecule has 0 saturated heterocycles. The van der Waals surface area contributed by atoms with Gasteiger partial charge in [0.25, 0.3) is 0 Å². The van der Waals surface area contributed by atoms with E-state index in [1.165, 1.54) is 11.6 Å². The Bertz CT molecular complexity index is 566. The number of hydrogen-bond acceptors (Lipinski definition) is 2. The standard InChI is InChI=1S/C16H18BrFN2/c1-3-19-16(15-6-11(2)4-5-20-15)9-12-7-13(17)10-14(18)8-12/h4-8,10,16,19H,3,9H2,1-2H3. The largest absolute Gasteiger partial charge is 0.309 e. The van der Waals surface area contributed by atoms with Crippen molar-refractivity contribution in [2.45, 2.75) is 26.3 Å². The molecule has 0 spiro atoms. The molecule has 1 heterocycles. The predicted octanol–water partition coefficient (Wildman–Crippen LogP) is 4.18. The lowest BCUT2D eigenvalue weighted by Gasteiger charge is -2.18. The summed E-state index contributed by atoms with van der Waals surface area (Å²) in [6.07, 6.45) is 2.52. The Morgan fingerprint density at radius 2 is 2.10 bits per heavy atom. The van der Waals surface area contributed by atoms with Crippen LogP contribution in [0.15, 0.2) is 41.0 Å². The molecule has 2 rings (SSSR count). The first-order valence-corrected chi connectivity index (χ1v) is 7.48. The second-order valence-corrected chi connectivity index (χ2v) is 5.77. The van der Waals surface area contributed by atoms with Crippen LogP contribution in [0.1, 0.15) is 29.8 Å². The minimum Gasteiger partial charge on any atom is -0.309 e. The summed E-state index contributed by atoms with van der Waals surface area (Å²) >= 11 is 3.33. The molecule has 0 aliphatic carbocycles. The summed E-state index contributed by atoms with van der Waals surface area (Å²) in [6, 6.07) is 9.13. The summed E-state index contributed by atoms with van der Waals surface area (Å²) in [5.41, 5.74) is 3.12. The Balaban J connectivity index is 2.25. The number of nitrogens with zero attached hydrogens (tertiary/aromatic N) is 1. The molecule has 0 fully saturated rings. The average Bonchev–Trinajstić information content (AvgIpc) is 2.37. The van der Waals surface area contributed by atoms with Crippen molar-refractivity contribution < 1.29 is 4.39 Å². The van der Waals surface area contributed by atoms with E-state index >= 15 is 0 Å². The number of likely N-dealkylation sites (N-methyl/N-ethyl adjacent to an activating group) is 1. The first-order valence-electron chi connectivity index (χ1n) is 6.69. The van der Waals surface area contributed by atoms with Gasteiger partial charge in [0, 0.05) is 10.7 Å². The van der Waals surface area contributed by atoms with Crippen LogP contribution >= 0.6 is 15.9 Å². The fourth-order valence-corrected chi connectivity index (χ4v) is 2.76. The average molecular weight is 337 g/mol. The molecule has 0 saturated carbocycles. The third-order valence-corrected chi connectivity index (χ3v) is 3.56. The van der Waals surface area contributed by atoms with E-state index in [1.54, 1.807) is 6.07 Å². The lowest BCUT2D eigenvalue weighted by molar-refractivity contribution is 0.533. The predicted molar refractivity (Wildman–Crippen MR) is 83.2 cm³/mol. The van der Waals surface area contributed by atoms with Crippen LogP contribution in [0.3, 0.4) is 0 Å². The SMILES string of the molecule is CCNC(Cc1cc(F)cc(Br)c1)c1cc(C)ccn1. The van der Waals surface area contributed by atoms with E-state index in [1.807, 2.05) is 25.3 Å². The molecule has 2 nitrogen and oxygen atoms in total. The van der Waals surface area contributed by atoms with Gasteiger partial charge in [0.05, 0.1) is 11.7 Å². The van der Waals surface area contributed by atoms with Gasteiger partial charge in [-0.1, -0.05) is 22.9 Å². The van der Waals surface area contributed by atoms with Crippen LogP contribution in [0, 0.1) is 12.7 Å². The van der Waals surface area contributed by atoms with Crippen molar-refractivity contribution in [3.05, 3.63) is 63.6 Å². The smallest absolute Gasteiger partial charge is 0.124 e. The first-order chi connectivity index (χ1) is 9.58. The van der Waals surface area contributed by atoms with Gasteiger partial charge in [0.15, 0.2) is 0 Å². The van der Waals surface area contributed by atoms with Crippen LogP contribution in [-0.2, 0) is 6.42 Å². The molecule has 4 heteroatoms. The number of rotatable bonds is 5. The molecule has 1 unspecified atom stereocenters. The molecule has 1 aromatic carbocycles. The van der Waals surface area contributed by atoms with Crippen molar-refractivity contribution in [3.63, 3.8) is 0 Å². The lowest BCUT2D eigenvalue weighted by atomic mass is 10.0. The van der Waals surface area contributed by atoms with Crippen LogP contribution in [-0.4, -0.2) is 11.5 Å². The van der Waals surface area contributed by atoms with Gasteiger partial charge in [0.2, 0.25) is 0 Å². The Labute approximate surface area is 127 Å². The van der Waals surface area contributed by atoms with Gasteiger partial charge in [-0.25, -0.2) is 4.39 Å². The molecule has 106 valence electrons. The van der Waals surface area contributed by atoms with E-state index < -0.39 is 0 Å². The third kappa shape index (κ3) is 4.12. The van der Waals surface area contributed by atoms with E-state index in [9.17, 15) is 4.39 Å². The highest BCUT2D eigenvalue weighted by Crippen LogP contribution is 2.21. The number of pyridine rings is 1. The maximum Gasteiger partial charge on any atom is 0.124 e. The molecule has 0 amide bonds. The summed E-state index contributed by atoms with van der Waals surface area (Å²) in [7, 11) is 0. The molecule has 0 bridgehead atoms. The van der Waals surface area contributed by atoms with Crippen LogP contribution in [0.5, 0.6) is 0 Å². The van der Waals surface area contributed by atoms with E-state index in [2.05, 4.69) is 39.2 Å². The fraction of sp³-hybridized carbons (Fsp3) is 0.312. The van der Waals surface area contributed by atoms with Crippen LogP contribution in [0.4, 0.5) is 4.39 Å². The maximum atomic E-state index is 13.5. The van der Waals surface area contributed by atoms with E-state index in [4.69, 9.17) is 0 Å². The highest BCUT2D eigenvalue weighted by molar-refractivity contribution is 9.10. The Kier molecular flexibility index (Phi) is 5.26. The Hall–Kier alpha value is -1.26. The molecule has 2 aromatic rings. The number of hydrogen-bond donors (Lipinski definition) is 1. The van der Waals surface area contributed by atoms with E-state index in [-0.39, 0.29) is 11.9 Å². The maximum absolute atomic E-state index is 13.5. The Morgan fingerprint density at radius 1 is 1.30 bits per heavy atom. The minimum atomic E-state index is -0.221. The lowest BCUT2D eigenvalue weighted by Crippen LogP contribution is -2.24. The summed E-state index contributed by atoms with van der Waals surface area (Å²) < 4.78 is 14.2. The molecular formula is C16H18BrFN2.